The molecule has 0 aromatic carbocycles. The lowest BCUT2D eigenvalue weighted by atomic mass is 10.2. The molecule has 1 heterocycles. The second-order valence-electron chi connectivity index (χ2n) is 4.66. The normalized spacial score (nSPS) is 11.9. The minimum absolute atomic E-state index is 0.0971. The van der Waals surface area contributed by atoms with E-state index in [1.165, 1.54) is 10.5 Å². The zero-order chi connectivity index (χ0) is 15.1. The number of carbonyl (C=O) groups is 2. The molecule has 1 aromatic rings. The molecule has 0 aliphatic heterocycles. The molecule has 0 radical (unpaired) electrons. The van der Waals surface area contributed by atoms with E-state index in [2.05, 4.69) is 18.3 Å². The maximum absolute atomic E-state index is 12.1. The fourth-order valence-electron chi connectivity index (χ4n) is 1.89. The Bertz CT molecular complexity index is 459. The molecule has 0 bridgehead atoms. The Labute approximate surface area is 123 Å². The maximum Gasteiger partial charge on any atom is 0.323 e. The number of aryl methyl sites for hydroxylation is 1. The number of urea groups is 1. The number of carboxylic acids is 1. The molecule has 0 aliphatic rings. The third kappa shape index (κ3) is 4.52. The number of nitrogens with zero attached hydrogens (tertiary/aromatic N) is 1. The van der Waals surface area contributed by atoms with Crippen LogP contribution in [0, 0.1) is 0 Å². The van der Waals surface area contributed by atoms with Gasteiger partial charge in [-0.05, 0) is 36.8 Å². The number of carbonyl (C=O) groups excluding carboxylic acids is 1. The van der Waals surface area contributed by atoms with E-state index < -0.39 is 5.97 Å². The molecule has 1 unspecified atom stereocenters. The Kier molecular flexibility index (Phi) is 6.51. The predicted molar refractivity (Wildman–Crippen MR) is 80.0 cm³/mol. The number of thiophene rings is 1. The first kappa shape index (κ1) is 16.5. The second kappa shape index (κ2) is 7.89. The van der Waals surface area contributed by atoms with Gasteiger partial charge in [-0.15, -0.1) is 11.3 Å². The van der Waals surface area contributed by atoms with Gasteiger partial charge in [-0.25, -0.2) is 4.79 Å². The van der Waals surface area contributed by atoms with Crippen molar-refractivity contribution in [3.8, 4) is 0 Å². The van der Waals surface area contributed by atoms with Crippen molar-refractivity contribution in [2.45, 2.75) is 46.2 Å². The van der Waals surface area contributed by atoms with Crippen molar-refractivity contribution < 1.29 is 14.7 Å². The number of hydrogen-bond donors (Lipinski definition) is 2. The van der Waals surface area contributed by atoms with Crippen LogP contribution in [0.3, 0.4) is 0 Å². The van der Waals surface area contributed by atoms with Crippen molar-refractivity contribution in [2.24, 2.45) is 0 Å². The number of aliphatic carboxylic acids is 1. The smallest absolute Gasteiger partial charge is 0.323 e. The molecule has 0 saturated carbocycles. The molecule has 1 rings (SSSR count). The molecule has 0 fully saturated rings. The molecule has 1 aromatic heterocycles. The molecule has 6 heteroatoms. The molecular formula is C14H22N2O3S. The average Bonchev–Trinajstić information content (AvgIpc) is 2.88. The van der Waals surface area contributed by atoms with Crippen molar-refractivity contribution in [3.05, 3.63) is 21.9 Å². The van der Waals surface area contributed by atoms with Gasteiger partial charge in [0.15, 0.2) is 0 Å². The van der Waals surface area contributed by atoms with Crippen LogP contribution in [0.4, 0.5) is 4.79 Å². The van der Waals surface area contributed by atoms with Gasteiger partial charge in [-0.1, -0.05) is 13.8 Å². The van der Waals surface area contributed by atoms with Gasteiger partial charge < -0.3 is 15.3 Å². The zero-order valence-corrected chi connectivity index (χ0v) is 13.0. The van der Waals surface area contributed by atoms with Crippen LogP contribution in [0.1, 0.15) is 37.6 Å². The van der Waals surface area contributed by atoms with E-state index in [0.29, 0.717) is 6.54 Å². The molecule has 1 atom stereocenters. The van der Waals surface area contributed by atoms with E-state index in [0.717, 1.165) is 17.7 Å². The highest BCUT2D eigenvalue weighted by molar-refractivity contribution is 7.10. The van der Waals surface area contributed by atoms with Gasteiger partial charge >= 0.3 is 12.0 Å². The van der Waals surface area contributed by atoms with Crippen LogP contribution >= 0.6 is 11.3 Å². The Balaban J connectivity index is 2.64. The summed E-state index contributed by atoms with van der Waals surface area (Å²) in [5.74, 6) is -0.995. The Hall–Kier alpha value is -1.56. The van der Waals surface area contributed by atoms with E-state index in [-0.39, 0.29) is 18.6 Å². The third-order valence-corrected chi connectivity index (χ3v) is 4.27. The van der Waals surface area contributed by atoms with Gasteiger partial charge in [0.2, 0.25) is 0 Å². The SMILES string of the molecule is CCc1ccsc1CNC(=O)N(CC(=O)O)C(C)CC. The van der Waals surface area contributed by atoms with Crippen LogP contribution in [-0.4, -0.2) is 34.6 Å². The summed E-state index contributed by atoms with van der Waals surface area (Å²) in [6.45, 7) is 6.04. The van der Waals surface area contributed by atoms with Crippen LogP contribution in [0.15, 0.2) is 11.4 Å². The molecule has 2 amide bonds. The first-order valence-corrected chi connectivity index (χ1v) is 7.69. The maximum atomic E-state index is 12.1. The summed E-state index contributed by atoms with van der Waals surface area (Å²) < 4.78 is 0. The van der Waals surface area contributed by atoms with Gasteiger partial charge in [0.1, 0.15) is 6.54 Å². The lowest BCUT2D eigenvalue weighted by Crippen LogP contribution is -2.47. The van der Waals surface area contributed by atoms with Crippen molar-refractivity contribution >= 4 is 23.3 Å². The summed E-state index contributed by atoms with van der Waals surface area (Å²) in [6.07, 6.45) is 1.65. The minimum atomic E-state index is -0.995. The van der Waals surface area contributed by atoms with Crippen molar-refractivity contribution in [1.29, 1.82) is 0 Å². The Morgan fingerprint density at radius 3 is 2.70 bits per heavy atom. The number of rotatable bonds is 7. The summed E-state index contributed by atoms with van der Waals surface area (Å²) >= 11 is 1.61. The summed E-state index contributed by atoms with van der Waals surface area (Å²) in [5.41, 5.74) is 1.23. The van der Waals surface area contributed by atoms with E-state index in [1.807, 2.05) is 19.2 Å². The standard InChI is InChI=1S/C14H22N2O3S/c1-4-10(3)16(9-13(17)18)14(19)15-8-12-11(5-2)6-7-20-12/h6-7,10H,4-5,8-9H2,1-3H3,(H,15,19)(H,17,18). The summed E-state index contributed by atoms with van der Waals surface area (Å²) in [4.78, 5) is 25.5. The van der Waals surface area contributed by atoms with Crippen LogP contribution in [-0.2, 0) is 17.8 Å². The Morgan fingerprint density at radius 2 is 2.15 bits per heavy atom. The quantitative estimate of drug-likeness (QED) is 0.813. The molecule has 112 valence electrons. The predicted octanol–water partition coefficient (Wildman–Crippen LogP) is 2.71. The topological polar surface area (TPSA) is 69.6 Å². The third-order valence-electron chi connectivity index (χ3n) is 3.31. The lowest BCUT2D eigenvalue weighted by Gasteiger charge is -2.27. The Morgan fingerprint density at radius 1 is 1.45 bits per heavy atom. The molecular weight excluding hydrogens is 276 g/mol. The fraction of sp³-hybridized carbons (Fsp3) is 0.571. The van der Waals surface area contributed by atoms with E-state index in [4.69, 9.17) is 5.11 Å². The second-order valence-corrected chi connectivity index (χ2v) is 5.66. The van der Waals surface area contributed by atoms with Crippen molar-refractivity contribution in [3.63, 3.8) is 0 Å². The molecule has 0 aliphatic carbocycles. The highest BCUT2D eigenvalue weighted by atomic mass is 32.1. The zero-order valence-electron chi connectivity index (χ0n) is 12.2. The van der Waals surface area contributed by atoms with Crippen LogP contribution < -0.4 is 5.32 Å². The van der Waals surface area contributed by atoms with Gasteiger partial charge in [0.25, 0.3) is 0 Å². The van der Waals surface area contributed by atoms with E-state index >= 15 is 0 Å². The van der Waals surface area contributed by atoms with Gasteiger partial charge in [-0.3, -0.25) is 4.79 Å². The van der Waals surface area contributed by atoms with E-state index in [9.17, 15) is 9.59 Å². The highest BCUT2D eigenvalue weighted by Gasteiger charge is 2.21. The number of amides is 2. The van der Waals surface area contributed by atoms with Crippen LogP contribution in [0.25, 0.3) is 0 Å². The summed E-state index contributed by atoms with van der Waals surface area (Å²) in [6, 6.07) is 1.63. The molecule has 0 saturated heterocycles. The van der Waals surface area contributed by atoms with E-state index in [1.54, 1.807) is 11.3 Å². The van der Waals surface area contributed by atoms with Crippen LogP contribution in [0.5, 0.6) is 0 Å². The molecule has 5 nitrogen and oxygen atoms in total. The van der Waals surface area contributed by atoms with Gasteiger partial charge in [0, 0.05) is 10.9 Å². The van der Waals surface area contributed by atoms with Gasteiger partial charge in [-0.2, -0.15) is 0 Å². The number of hydrogen-bond acceptors (Lipinski definition) is 3. The fourth-order valence-corrected chi connectivity index (χ4v) is 2.80. The summed E-state index contributed by atoms with van der Waals surface area (Å²) in [7, 11) is 0. The molecule has 2 N–H and O–H groups in total. The largest absolute Gasteiger partial charge is 0.480 e. The molecule has 20 heavy (non-hydrogen) atoms. The van der Waals surface area contributed by atoms with Crippen LogP contribution in [0.2, 0.25) is 0 Å². The van der Waals surface area contributed by atoms with Crippen molar-refractivity contribution in [2.75, 3.05) is 6.54 Å². The number of carboxylic acid groups (broad SMARTS) is 1. The monoisotopic (exact) mass is 298 g/mol. The highest BCUT2D eigenvalue weighted by Crippen LogP contribution is 2.17. The first-order chi connectivity index (χ1) is 9.49. The first-order valence-electron chi connectivity index (χ1n) is 6.81. The summed E-state index contributed by atoms with van der Waals surface area (Å²) in [5, 5.41) is 13.7. The minimum Gasteiger partial charge on any atom is -0.480 e. The average molecular weight is 298 g/mol. The molecule has 0 spiro atoms. The lowest BCUT2D eigenvalue weighted by molar-refractivity contribution is -0.138. The van der Waals surface area contributed by atoms with Crippen molar-refractivity contribution in [1.82, 2.24) is 10.2 Å². The van der Waals surface area contributed by atoms with Gasteiger partial charge in [0.05, 0.1) is 6.54 Å². The number of nitrogens with one attached hydrogen (secondary N) is 1.